The summed E-state index contributed by atoms with van der Waals surface area (Å²) in [5, 5.41) is 1.13. The lowest BCUT2D eigenvalue weighted by atomic mass is 9.94. The highest BCUT2D eigenvalue weighted by molar-refractivity contribution is 9.10. The van der Waals surface area contributed by atoms with Crippen LogP contribution in [0.25, 0.3) is 0 Å². The third-order valence-electron chi connectivity index (χ3n) is 4.84. The van der Waals surface area contributed by atoms with E-state index in [1.165, 1.54) is 0 Å². The van der Waals surface area contributed by atoms with E-state index >= 15 is 0 Å². The van der Waals surface area contributed by atoms with Crippen LogP contribution in [0.1, 0.15) is 36.7 Å². The number of benzene rings is 1. The largest absolute Gasteiger partial charge is 0.496 e. The SMILES string of the molecule is CC[C@@H]1CSC2=N[C@@H](c3ccccn3)[C@H](c3cc(Br)ccc3OC)N21. The normalized spacial score (nSPS) is 25.0. The van der Waals surface area contributed by atoms with Gasteiger partial charge in [-0.15, -0.1) is 0 Å². The molecule has 2 aliphatic rings. The Kier molecular flexibility index (Phi) is 4.73. The van der Waals surface area contributed by atoms with Gasteiger partial charge in [0.1, 0.15) is 11.8 Å². The Morgan fingerprint density at radius 2 is 2.20 bits per heavy atom. The third kappa shape index (κ3) is 2.95. The first kappa shape index (κ1) is 16.9. The maximum absolute atomic E-state index is 5.69. The van der Waals surface area contributed by atoms with E-state index in [2.05, 4.69) is 44.9 Å². The predicted molar refractivity (Wildman–Crippen MR) is 106 cm³/mol. The van der Waals surface area contributed by atoms with E-state index in [4.69, 9.17) is 9.73 Å². The van der Waals surface area contributed by atoms with Crippen molar-refractivity contribution in [3.8, 4) is 5.75 Å². The van der Waals surface area contributed by atoms with Gasteiger partial charge >= 0.3 is 0 Å². The number of aliphatic imine (C=N–C) groups is 1. The highest BCUT2D eigenvalue weighted by Crippen LogP contribution is 2.50. The lowest BCUT2D eigenvalue weighted by Gasteiger charge is -2.32. The van der Waals surface area contributed by atoms with Crippen LogP contribution < -0.4 is 4.74 Å². The van der Waals surface area contributed by atoms with Crippen LogP contribution in [-0.4, -0.2) is 34.0 Å². The van der Waals surface area contributed by atoms with Gasteiger partial charge in [-0.3, -0.25) is 9.98 Å². The van der Waals surface area contributed by atoms with E-state index < -0.39 is 0 Å². The summed E-state index contributed by atoms with van der Waals surface area (Å²) in [5.41, 5.74) is 2.17. The summed E-state index contributed by atoms with van der Waals surface area (Å²) in [6.07, 6.45) is 2.95. The highest BCUT2D eigenvalue weighted by Gasteiger charge is 2.46. The minimum atomic E-state index is -0.0127. The number of methoxy groups -OCH3 is 1. The summed E-state index contributed by atoms with van der Waals surface area (Å²) >= 11 is 5.48. The summed E-state index contributed by atoms with van der Waals surface area (Å²) in [7, 11) is 1.73. The number of rotatable bonds is 4. The molecule has 2 aromatic rings. The lowest BCUT2D eigenvalue weighted by Crippen LogP contribution is -2.35. The van der Waals surface area contributed by atoms with Crippen molar-refractivity contribution in [2.24, 2.45) is 4.99 Å². The van der Waals surface area contributed by atoms with Crippen molar-refractivity contribution in [1.82, 2.24) is 9.88 Å². The Hall–Kier alpha value is -1.53. The molecule has 1 fully saturated rings. The first-order valence-corrected chi connectivity index (χ1v) is 10.2. The number of ether oxygens (including phenoxy) is 1. The third-order valence-corrected chi connectivity index (χ3v) is 6.46. The molecule has 2 aliphatic heterocycles. The first-order chi connectivity index (χ1) is 12.2. The molecule has 0 N–H and O–H groups in total. The maximum Gasteiger partial charge on any atom is 0.160 e. The van der Waals surface area contributed by atoms with Crippen LogP contribution in [0.2, 0.25) is 0 Å². The Balaban J connectivity index is 1.85. The van der Waals surface area contributed by atoms with Gasteiger partial charge in [0, 0.05) is 28.0 Å². The van der Waals surface area contributed by atoms with Crippen LogP contribution in [0, 0.1) is 0 Å². The molecule has 0 aliphatic carbocycles. The number of aromatic nitrogens is 1. The average molecular weight is 418 g/mol. The minimum Gasteiger partial charge on any atom is -0.496 e. The van der Waals surface area contributed by atoms with E-state index in [-0.39, 0.29) is 12.1 Å². The van der Waals surface area contributed by atoms with Crippen LogP contribution in [0.4, 0.5) is 0 Å². The summed E-state index contributed by atoms with van der Waals surface area (Å²) in [6.45, 7) is 2.25. The van der Waals surface area contributed by atoms with Crippen LogP contribution in [-0.2, 0) is 0 Å². The zero-order chi connectivity index (χ0) is 17.4. The molecule has 3 heterocycles. The van der Waals surface area contributed by atoms with E-state index in [1.54, 1.807) is 7.11 Å². The minimum absolute atomic E-state index is 0.0127. The second-order valence-electron chi connectivity index (χ2n) is 6.22. The molecule has 0 unspecified atom stereocenters. The summed E-state index contributed by atoms with van der Waals surface area (Å²) in [4.78, 5) is 12.1. The van der Waals surface area contributed by atoms with Crippen molar-refractivity contribution in [3.63, 3.8) is 0 Å². The molecule has 1 saturated heterocycles. The van der Waals surface area contributed by atoms with Crippen LogP contribution in [0.5, 0.6) is 5.75 Å². The predicted octanol–water partition coefficient (Wildman–Crippen LogP) is 4.83. The number of hydrogen-bond acceptors (Lipinski definition) is 5. The van der Waals surface area contributed by atoms with Gasteiger partial charge in [-0.25, -0.2) is 0 Å². The van der Waals surface area contributed by atoms with Crippen molar-refractivity contribution >= 4 is 32.9 Å². The lowest BCUT2D eigenvalue weighted by molar-refractivity contribution is 0.249. The Morgan fingerprint density at radius 1 is 1.32 bits per heavy atom. The van der Waals surface area contributed by atoms with Crippen molar-refractivity contribution in [3.05, 3.63) is 58.3 Å². The molecular weight excluding hydrogens is 398 g/mol. The van der Waals surface area contributed by atoms with Gasteiger partial charge in [0.05, 0.1) is 18.8 Å². The van der Waals surface area contributed by atoms with Crippen LogP contribution in [0.3, 0.4) is 0 Å². The highest BCUT2D eigenvalue weighted by atomic mass is 79.9. The number of amidine groups is 1. The van der Waals surface area contributed by atoms with E-state index in [0.29, 0.717) is 6.04 Å². The quantitative estimate of drug-likeness (QED) is 0.713. The molecule has 0 spiro atoms. The fourth-order valence-corrected chi connectivity index (χ4v) is 5.34. The first-order valence-electron chi connectivity index (χ1n) is 8.46. The monoisotopic (exact) mass is 417 g/mol. The summed E-state index contributed by atoms with van der Waals surface area (Å²) in [5.74, 6) is 1.99. The van der Waals surface area contributed by atoms with Crippen molar-refractivity contribution in [1.29, 1.82) is 0 Å². The number of fused-ring (bicyclic) bond motifs is 1. The van der Waals surface area contributed by atoms with Crippen molar-refractivity contribution in [2.75, 3.05) is 12.9 Å². The van der Waals surface area contributed by atoms with Crippen molar-refractivity contribution < 1.29 is 4.74 Å². The molecule has 1 aromatic carbocycles. The van der Waals surface area contributed by atoms with Gasteiger partial charge in [-0.05, 0) is 36.8 Å². The number of thioether (sulfide) groups is 1. The maximum atomic E-state index is 5.69. The Morgan fingerprint density at radius 3 is 2.92 bits per heavy atom. The van der Waals surface area contributed by atoms with Gasteiger partial charge in [-0.2, -0.15) is 0 Å². The van der Waals surface area contributed by atoms with Gasteiger partial charge < -0.3 is 9.64 Å². The topological polar surface area (TPSA) is 37.7 Å². The van der Waals surface area contributed by atoms with E-state index in [9.17, 15) is 0 Å². The molecule has 25 heavy (non-hydrogen) atoms. The molecular formula is C19H20BrN3OS. The number of nitrogens with zero attached hydrogens (tertiary/aromatic N) is 3. The number of hydrogen-bond donors (Lipinski definition) is 0. The van der Waals surface area contributed by atoms with Gasteiger partial charge in [0.15, 0.2) is 5.17 Å². The standard InChI is InChI=1S/C19H20BrN3OS/c1-3-13-11-25-19-22-17(15-6-4-5-9-21-15)18(23(13)19)14-10-12(20)7-8-16(14)24-2/h4-10,13,17-18H,3,11H2,1-2H3/t13-,17+,18+/m1/s1. The van der Waals surface area contributed by atoms with Gasteiger partial charge in [0.25, 0.3) is 0 Å². The molecule has 0 amide bonds. The fourth-order valence-electron chi connectivity index (χ4n) is 3.62. The van der Waals surface area contributed by atoms with Gasteiger partial charge in [0.2, 0.25) is 0 Å². The van der Waals surface area contributed by atoms with Crippen LogP contribution >= 0.6 is 27.7 Å². The van der Waals surface area contributed by atoms with Gasteiger partial charge in [-0.1, -0.05) is 40.7 Å². The zero-order valence-electron chi connectivity index (χ0n) is 14.2. The molecule has 3 atom stereocenters. The average Bonchev–Trinajstić information content (AvgIpc) is 3.21. The zero-order valence-corrected chi connectivity index (χ0v) is 16.6. The second-order valence-corrected chi connectivity index (χ2v) is 8.13. The summed E-state index contributed by atoms with van der Waals surface area (Å²) < 4.78 is 6.74. The number of pyridine rings is 1. The van der Waals surface area contributed by atoms with E-state index in [0.717, 1.165) is 38.8 Å². The molecule has 4 nitrogen and oxygen atoms in total. The molecule has 0 saturated carbocycles. The fraction of sp³-hybridized carbons (Fsp3) is 0.368. The molecule has 4 rings (SSSR count). The smallest absolute Gasteiger partial charge is 0.160 e. The Labute approximate surface area is 160 Å². The molecule has 1 aromatic heterocycles. The Bertz CT molecular complexity index is 799. The van der Waals surface area contributed by atoms with Crippen molar-refractivity contribution in [2.45, 2.75) is 31.5 Å². The van der Waals surface area contributed by atoms with Crippen LogP contribution in [0.15, 0.2) is 52.1 Å². The number of halogens is 1. The molecule has 130 valence electrons. The molecule has 0 radical (unpaired) electrons. The van der Waals surface area contributed by atoms with E-state index in [1.807, 2.05) is 42.2 Å². The molecule has 6 heteroatoms. The second kappa shape index (κ2) is 7.00. The molecule has 0 bridgehead atoms. The summed E-state index contributed by atoms with van der Waals surface area (Å²) in [6, 6.07) is 12.8.